The molecule has 0 aromatic heterocycles. The van der Waals surface area contributed by atoms with E-state index in [4.69, 9.17) is 16.3 Å². The van der Waals surface area contributed by atoms with Gasteiger partial charge in [-0.05, 0) is 58.7 Å². The summed E-state index contributed by atoms with van der Waals surface area (Å²) in [6.45, 7) is 2.66. The van der Waals surface area contributed by atoms with Crippen molar-refractivity contribution in [3.05, 3.63) is 57.5 Å². The predicted molar refractivity (Wildman–Crippen MR) is 90.3 cm³/mol. The highest BCUT2D eigenvalue weighted by atomic mass is 79.9. The first-order chi connectivity index (χ1) is 10.1. The summed E-state index contributed by atoms with van der Waals surface area (Å²) in [5.74, 6) is 0.690. The van der Waals surface area contributed by atoms with E-state index >= 15 is 0 Å². The highest BCUT2D eigenvalue weighted by molar-refractivity contribution is 9.10. The van der Waals surface area contributed by atoms with Crippen LogP contribution in [0, 0.1) is 6.92 Å². The van der Waals surface area contributed by atoms with Crippen LogP contribution in [0.2, 0.25) is 5.02 Å². The van der Waals surface area contributed by atoms with E-state index in [2.05, 4.69) is 21.2 Å². The van der Waals surface area contributed by atoms with Gasteiger partial charge in [0.2, 0.25) is 0 Å². The third-order valence-corrected chi connectivity index (χ3v) is 4.28. The number of aliphatic hydroxyl groups is 1. The number of benzene rings is 2. The van der Waals surface area contributed by atoms with Gasteiger partial charge in [0.1, 0.15) is 18.5 Å². The van der Waals surface area contributed by atoms with Gasteiger partial charge < -0.3 is 15.2 Å². The number of rotatable bonds is 6. The zero-order chi connectivity index (χ0) is 15.2. The van der Waals surface area contributed by atoms with Crippen molar-refractivity contribution >= 4 is 33.2 Å². The van der Waals surface area contributed by atoms with E-state index in [0.717, 1.165) is 15.7 Å². The second-order valence-corrected chi connectivity index (χ2v) is 5.97. The Morgan fingerprint density at radius 1 is 1.24 bits per heavy atom. The molecule has 0 amide bonds. The first-order valence-electron chi connectivity index (χ1n) is 6.61. The van der Waals surface area contributed by atoms with Gasteiger partial charge in [-0.1, -0.05) is 23.7 Å². The predicted octanol–water partition coefficient (Wildman–Crippen LogP) is 4.26. The van der Waals surface area contributed by atoms with Gasteiger partial charge >= 0.3 is 0 Å². The number of hydrogen-bond donors (Lipinski definition) is 2. The topological polar surface area (TPSA) is 41.5 Å². The Hall–Kier alpha value is -1.23. The van der Waals surface area contributed by atoms with E-state index in [1.54, 1.807) is 24.3 Å². The summed E-state index contributed by atoms with van der Waals surface area (Å²) in [6.07, 6.45) is -0.604. The van der Waals surface area contributed by atoms with Gasteiger partial charge in [0, 0.05) is 21.7 Å². The van der Waals surface area contributed by atoms with Crippen molar-refractivity contribution < 1.29 is 9.84 Å². The highest BCUT2D eigenvalue weighted by Gasteiger charge is 2.07. The molecule has 0 aliphatic heterocycles. The lowest BCUT2D eigenvalue weighted by atomic mass is 10.2. The van der Waals surface area contributed by atoms with Gasteiger partial charge in [0.15, 0.2) is 0 Å². The molecule has 0 spiro atoms. The van der Waals surface area contributed by atoms with Gasteiger partial charge in [-0.2, -0.15) is 0 Å². The summed E-state index contributed by atoms with van der Waals surface area (Å²) in [7, 11) is 0. The minimum absolute atomic E-state index is 0.220. The van der Waals surface area contributed by atoms with E-state index in [0.29, 0.717) is 17.3 Å². The molecular formula is C16H17BrClNO2. The van der Waals surface area contributed by atoms with Crippen LogP contribution in [0.15, 0.2) is 46.9 Å². The Balaban J connectivity index is 1.80. The Morgan fingerprint density at radius 2 is 1.95 bits per heavy atom. The number of halogens is 2. The number of hydrogen-bond acceptors (Lipinski definition) is 3. The fourth-order valence-electron chi connectivity index (χ4n) is 1.79. The summed E-state index contributed by atoms with van der Waals surface area (Å²) < 4.78 is 6.51. The van der Waals surface area contributed by atoms with Crippen molar-refractivity contribution in [2.75, 3.05) is 18.5 Å². The maximum Gasteiger partial charge on any atom is 0.119 e. The zero-order valence-corrected chi connectivity index (χ0v) is 14.0. The number of anilines is 1. The number of aryl methyl sites for hydroxylation is 1. The Bertz CT molecular complexity index is 589. The van der Waals surface area contributed by atoms with Crippen LogP contribution in [0.25, 0.3) is 0 Å². The Labute approximate surface area is 138 Å². The van der Waals surface area contributed by atoms with Crippen molar-refractivity contribution in [3.63, 3.8) is 0 Å². The summed E-state index contributed by atoms with van der Waals surface area (Å²) >= 11 is 9.32. The molecule has 1 unspecified atom stereocenters. The molecule has 2 N–H and O–H groups in total. The minimum atomic E-state index is -0.604. The molecule has 5 heteroatoms. The van der Waals surface area contributed by atoms with Crippen LogP contribution in [0.1, 0.15) is 5.56 Å². The van der Waals surface area contributed by atoms with Gasteiger partial charge in [-0.15, -0.1) is 0 Å². The molecule has 0 fully saturated rings. The normalized spacial score (nSPS) is 12.0. The van der Waals surface area contributed by atoms with Gasteiger partial charge in [-0.25, -0.2) is 0 Å². The number of ether oxygens (including phenoxy) is 1. The standard InChI is InChI=1S/C16H17BrClNO2/c1-11-3-2-4-15(16(11)17)19-9-13(20)10-21-14-7-5-12(18)6-8-14/h2-8,13,19-20H,9-10H2,1H3. The molecule has 2 aromatic rings. The molecule has 0 aliphatic rings. The molecule has 2 rings (SSSR count). The Kier molecular flexibility index (Phi) is 5.91. The lowest BCUT2D eigenvalue weighted by Crippen LogP contribution is -2.26. The van der Waals surface area contributed by atoms with Crippen molar-refractivity contribution in [2.24, 2.45) is 0 Å². The molecule has 2 aromatic carbocycles. The highest BCUT2D eigenvalue weighted by Crippen LogP contribution is 2.25. The number of aliphatic hydroxyl groups excluding tert-OH is 1. The van der Waals surface area contributed by atoms with Crippen LogP contribution in [0.5, 0.6) is 5.75 Å². The molecule has 3 nitrogen and oxygen atoms in total. The average molecular weight is 371 g/mol. The second-order valence-electron chi connectivity index (χ2n) is 4.74. The summed E-state index contributed by atoms with van der Waals surface area (Å²) in [6, 6.07) is 13.0. The third-order valence-electron chi connectivity index (χ3n) is 2.98. The average Bonchev–Trinajstić information content (AvgIpc) is 2.48. The van der Waals surface area contributed by atoms with E-state index in [-0.39, 0.29) is 6.61 Å². The van der Waals surface area contributed by atoms with Gasteiger partial charge in [0.05, 0.1) is 0 Å². The number of nitrogens with one attached hydrogen (secondary N) is 1. The zero-order valence-electron chi connectivity index (χ0n) is 11.6. The smallest absolute Gasteiger partial charge is 0.119 e. The largest absolute Gasteiger partial charge is 0.491 e. The monoisotopic (exact) mass is 369 g/mol. The van der Waals surface area contributed by atoms with Crippen LogP contribution in [-0.2, 0) is 0 Å². The van der Waals surface area contributed by atoms with Crippen LogP contribution in [0.3, 0.4) is 0 Å². The summed E-state index contributed by atoms with van der Waals surface area (Å²) in [5.41, 5.74) is 2.10. The molecule has 0 heterocycles. The van der Waals surface area contributed by atoms with Crippen molar-refractivity contribution in [1.82, 2.24) is 0 Å². The van der Waals surface area contributed by atoms with E-state index in [9.17, 15) is 5.11 Å². The molecule has 21 heavy (non-hydrogen) atoms. The first kappa shape index (κ1) is 16.1. The summed E-state index contributed by atoms with van der Waals surface area (Å²) in [5, 5.41) is 13.8. The van der Waals surface area contributed by atoms with Crippen molar-refractivity contribution in [3.8, 4) is 5.75 Å². The molecule has 0 aliphatic carbocycles. The fraction of sp³-hybridized carbons (Fsp3) is 0.250. The maximum absolute atomic E-state index is 9.96. The van der Waals surface area contributed by atoms with E-state index in [1.165, 1.54) is 0 Å². The molecular weight excluding hydrogens is 354 g/mol. The Morgan fingerprint density at radius 3 is 2.67 bits per heavy atom. The lowest BCUT2D eigenvalue weighted by Gasteiger charge is -2.15. The molecule has 112 valence electrons. The van der Waals surface area contributed by atoms with Crippen LogP contribution in [-0.4, -0.2) is 24.4 Å². The van der Waals surface area contributed by atoms with Crippen LogP contribution in [0.4, 0.5) is 5.69 Å². The molecule has 0 radical (unpaired) electrons. The quantitative estimate of drug-likeness (QED) is 0.798. The third kappa shape index (κ3) is 4.92. The SMILES string of the molecule is Cc1cccc(NCC(O)COc2ccc(Cl)cc2)c1Br. The second kappa shape index (κ2) is 7.69. The summed E-state index contributed by atoms with van der Waals surface area (Å²) in [4.78, 5) is 0. The molecule has 0 saturated heterocycles. The minimum Gasteiger partial charge on any atom is -0.491 e. The molecule has 1 atom stereocenters. The van der Waals surface area contributed by atoms with Gasteiger partial charge in [0.25, 0.3) is 0 Å². The van der Waals surface area contributed by atoms with Crippen molar-refractivity contribution in [2.45, 2.75) is 13.0 Å². The van der Waals surface area contributed by atoms with Gasteiger partial charge in [-0.3, -0.25) is 0 Å². The van der Waals surface area contributed by atoms with E-state index < -0.39 is 6.10 Å². The lowest BCUT2D eigenvalue weighted by molar-refractivity contribution is 0.117. The van der Waals surface area contributed by atoms with E-state index in [1.807, 2.05) is 25.1 Å². The van der Waals surface area contributed by atoms with Crippen LogP contribution < -0.4 is 10.1 Å². The maximum atomic E-state index is 9.96. The molecule has 0 bridgehead atoms. The first-order valence-corrected chi connectivity index (χ1v) is 7.79. The van der Waals surface area contributed by atoms with Crippen molar-refractivity contribution in [1.29, 1.82) is 0 Å². The molecule has 0 saturated carbocycles. The van der Waals surface area contributed by atoms with Crippen LogP contribution >= 0.6 is 27.5 Å². The fourth-order valence-corrected chi connectivity index (χ4v) is 2.32.